The SMILES string of the molecule is Cc1ccc(C)c(NC(=O)C(C)n2ncc3ccccc3c2=O)c1. The van der Waals surface area contributed by atoms with E-state index in [-0.39, 0.29) is 11.5 Å². The number of carbonyl (C=O) groups excluding carboxylic acids is 1. The molecule has 1 N–H and O–H groups in total. The molecule has 0 bridgehead atoms. The average molecular weight is 321 g/mol. The number of carbonyl (C=O) groups is 1. The topological polar surface area (TPSA) is 64.0 Å². The summed E-state index contributed by atoms with van der Waals surface area (Å²) in [6.07, 6.45) is 1.61. The van der Waals surface area contributed by atoms with Gasteiger partial charge in [-0.25, -0.2) is 4.68 Å². The molecule has 2 aromatic carbocycles. The summed E-state index contributed by atoms with van der Waals surface area (Å²) in [7, 11) is 0. The molecule has 1 amide bonds. The molecular formula is C19H19N3O2. The first-order valence-electron chi connectivity index (χ1n) is 7.82. The highest BCUT2D eigenvalue weighted by Gasteiger charge is 2.19. The van der Waals surface area contributed by atoms with Crippen LogP contribution in [0.25, 0.3) is 10.8 Å². The fourth-order valence-electron chi connectivity index (χ4n) is 2.60. The van der Waals surface area contributed by atoms with Crippen LogP contribution in [0, 0.1) is 13.8 Å². The number of aromatic nitrogens is 2. The molecule has 1 heterocycles. The standard InChI is InChI=1S/C19H19N3O2/c1-12-8-9-13(2)17(10-12)21-18(23)14(3)22-19(24)16-7-5-4-6-15(16)11-20-22/h4-11,14H,1-3H3,(H,21,23). The number of nitrogens with one attached hydrogen (secondary N) is 1. The molecule has 0 aliphatic heterocycles. The zero-order valence-corrected chi connectivity index (χ0v) is 13.9. The Bertz CT molecular complexity index is 976. The summed E-state index contributed by atoms with van der Waals surface area (Å²) in [5.74, 6) is -0.270. The zero-order valence-electron chi connectivity index (χ0n) is 13.9. The first kappa shape index (κ1) is 15.9. The van der Waals surface area contributed by atoms with Gasteiger partial charge in [-0.1, -0.05) is 30.3 Å². The number of benzene rings is 2. The van der Waals surface area contributed by atoms with Crippen LogP contribution in [-0.2, 0) is 4.79 Å². The average Bonchev–Trinajstić information content (AvgIpc) is 2.58. The maximum Gasteiger partial charge on any atom is 0.275 e. The number of amides is 1. The number of aryl methyl sites for hydroxylation is 2. The van der Waals surface area contributed by atoms with E-state index in [1.807, 2.05) is 44.2 Å². The van der Waals surface area contributed by atoms with Crippen molar-refractivity contribution in [3.05, 3.63) is 70.1 Å². The number of nitrogens with zero attached hydrogens (tertiary/aromatic N) is 2. The van der Waals surface area contributed by atoms with Gasteiger partial charge in [0.15, 0.2) is 0 Å². The molecule has 24 heavy (non-hydrogen) atoms. The molecule has 122 valence electrons. The highest BCUT2D eigenvalue weighted by molar-refractivity contribution is 5.94. The van der Waals surface area contributed by atoms with Gasteiger partial charge in [-0.3, -0.25) is 9.59 Å². The molecule has 0 radical (unpaired) electrons. The van der Waals surface area contributed by atoms with Crippen molar-refractivity contribution in [2.24, 2.45) is 0 Å². The fourth-order valence-corrected chi connectivity index (χ4v) is 2.60. The van der Waals surface area contributed by atoms with Crippen LogP contribution in [-0.4, -0.2) is 15.7 Å². The van der Waals surface area contributed by atoms with Crippen molar-refractivity contribution in [2.75, 3.05) is 5.32 Å². The number of fused-ring (bicyclic) bond motifs is 1. The largest absolute Gasteiger partial charge is 0.324 e. The Morgan fingerprint density at radius 2 is 1.92 bits per heavy atom. The van der Waals surface area contributed by atoms with Crippen molar-refractivity contribution >= 4 is 22.4 Å². The molecule has 3 aromatic rings. The lowest BCUT2D eigenvalue weighted by Gasteiger charge is -2.16. The predicted octanol–water partition coefficient (Wildman–Crippen LogP) is 3.21. The molecule has 5 nitrogen and oxygen atoms in total. The Kier molecular flexibility index (Phi) is 4.16. The van der Waals surface area contributed by atoms with E-state index in [2.05, 4.69) is 10.4 Å². The van der Waals surface area contributed by atoms with Crippen molar-refractivity contribution in [3.8, 4) is 0 Å². The van der Waals surface area contributed by atoms with Crippen LogP contribution in [0.15, 0.2) is 53.5 Å². The van der Waals surface area contributed by atoms with Crippen LogP contribution in [0.3, 0.4) is 0 Å². The molecule has 0 aliphatic carbocycles. The molecule has 5 heteroatoms. The molecule has 0 spiro atoms. The molecule has 3 rings (SSSR count). The van der Waals surface area contributed by atoms with Gasteiger partial charge in [0.2, 0.25) is 5.91 Å². The zero-order chi connectivity index (χ0) is 17.3. The predicted molar refractivity (Wildman–Crippen MR) is 95.3 cm³/mol. The molecule has 0 fully saturated rings. The normalized spacial score (nSPS) is 12.1. The van der Waals surface area contributed by atoms with E-state index < -0.39 is 6.04 Å². The van der Waals surface area contributed by atoms with Gasteiger partial charge in [0, 0.05) is 11.1 Å². The third kappa shape index (κ3) is 2.93. The Balaban J connectivity index is 1.92. The lowest BCUT2D eigenvalue weighted by atomic mass is 10.1. The summed E-state index contributed by atoms with van der Waals surface area (Å²) >= 11 is 0. The van der Waals surface area contributed by atoms with E-state index in [0.29, 0.717) is 5.39 Å². The summed E-state index contributed by atoms with van der Waals surface area (Å²) in [4.78, 5) is 25.1. The molecule has 0 saturated heterocycles. The third-order valence-corrected chi connectivity index (χ3v) is 4.12. The minimum Gasteiger partial charge on any atom is -0.324 e. The summed E-state index contributed by atoms with van der Waals surface area (Å²) < 4.78 is 1.22. The van der Waals surface area contributed by atoms with Crippen LogP contribution in [0.1, 0.15) is 24.1 Å². The highest BCUT2D eigenvalue weighted by atomic mass is 16.2. The maximum absolute atomic E-state index is 12.6. The number of hydrogen-bond donors (Lipinski definition) is 1. The summed E-state index contributed by atoms with van der Waals surface area (Å²) in [5.41, 5.74) is 2.52. The van der Waals surface area contributed by atoms with E-state index in [1.54, 1.807) is 25.3 Å². The smallest absolute Gasteiger partial charge is 0.275 e. The quantitative estimate of drug-likeness (QED) is 0.805. The van der Waals surface area contributed by atoms with Gasteiger partial charge in [0.05, 0.1) is 11.6 Å². The highest BCUT2D eigenvalue weighted by Crippen LogP contribution is 2.18. The summed E-state index contributed by atoms with van der Waals surface area (Å²) in [6.45, 7) is 5.57. The molecule has 1 aromatic heterocycles. The van der Waals surface area contributed by atoms with E-state index in [1.165, 1.54) is 4.68 Å². The Morgan fingerprint density at radius 3 is 2.71 bits per heavy atom. The maximum atomic E-state index is 12.6. The van der Waals surface area contributed by atoms with Gasteiger partial charge in [0.1, 0.15) is 6.04 Å². The second kappa shape index (κ2) is 6.28. The van der Waals surface area contributed by atoms with Crippen molar-refractivity contribution in [1.29, 1.82) is 0 Å². The van der Waals surface area contributed by atoms with E-state index in [0.717, 1.165) is 22.2 Å². The van der Waals surface area contributed by atoms with Crippen molar-refractivity contribution in [3.63, 3.8) is 0 Å². The Hall–Kier alpha value is -2.95. The van der Waals surface area contributed by atoms with Gasteiger partial charge in [-0.2, -0.15) is 5.10 Å². The van der Waals surface area contributed by atoms with E-state index in [4.69, 9.17) is 0 Å². The van der Waals surface area contributed by atoms with Crippen LogP contribution in [0.2, 0.25) is 0 Å². The lowest BCUT2D eigenvalue weighted by Crippen LogP contribution is -2.33. The first-order chi connectivity index (χ1) is 11.5. The van der Waals surface area contributed by atoms with Crippen LogP contribution in [0.5, 0.6) is 0 Å². The first-order valence-corrected chi connectivity index (χ1v) is 7.82. The summed E-state index contributed by atoms with van der Waals surface area (Å²) in [6, 6.07) is 12.4. The number of anilines is 1. The van der Waals surface area contributed by atoms with E-state index in [9.17, 15) is 9.59 Å². The molecule has 0 aliphatic rings. The van der Waals surface area contributed by atoms with Crippen LogP contribution < -0.4 is 10.9 Å². The molecule has 0 saturated carbocycles. The van der Waals surface area contributed by atoms with E-state index >= 15 is 0 Å². The lowest BCUT2D eigenvalue weighted by molar-refractivity contribution is -0.119. The molecule has 1 unspecified atom stereocenters. The minimum atomic E-state index is -0.706. The monoisotopic (exact) mass is 321 g/mol. The number of hydrogen-bond acceptors (Lipinski definition) is 3. The fraction of sp³-hybridized carbons (Fsp3) is 0.211. The van der Waals surface area contributed by atoms with Crippen molar-refractivity contribution in [2.45, 2.75) is 26.8 Å². The summed E-state index contributed by atoms with van der Waals surface area (Å²) in [5, 5.41) is 8.36. The Labute approximate surface area is 139 Å². The minimum absolute atomic E-state index is 0.267. The van der Waals surface area contributed by atoms with Gasteiger partial charge >= 0.3 is 0 Å². The second-order valence-electron chi connectivity index (χ2n) is 5.97. The van der Waals surface area contributed by atoms with Gasteiger partial charge < -0.3 is 5.32 Å². The molecule has 1 atom stereocenters. The van der Waals surface area contributed by atoms with Crippen LogP contribution >= 0.6 is 0 Å². The van der Waals surface area contributed by atoms with Gasteiger partial charge in [-0.15, -0.1) is 0 Å². The van der Waals surface area contributed by atoms with Crippen molar-refractivity contribution < 1.29 is 4.79 Å². The third-order valence-electron chi connectivity index (χ3n) is 4.12. The Morgan fingerprint density at radius 1 is 1.17 bits per heavy atom. The second-order valence-corrected chi connectivity index (χ2v) is 5.97. The van der Waals surface area contributed by atoms with Gasteiger partial charge in [0.25, 0.3) is 5.56 Å². The van der Waals surface area contributed by atoms with Crippen molar-refractivity contribution in [1.82, 2.24) is 9.78 Å². The van der Waals surface area contributed by atoms with Gasteiger partial charge in [-0.05, 0) is 44.0 Å². The molecular weight excluding hydrogens is 302 g/mol. The number of rotatable bonds is 3. The van der Waals surface area contributed by atoms with Crippen LogP contribution in [0.4, 0.5) is 5.69 Å².